The Kier molecular flexibility index (Phi) is 7.96. The first kappa shape index (κ1) is 30.8. The van der Waals surface area contributed by atoms with Crippen LogP contribution in [0, 0.1) is 5.82 Å². The molecule has 0 aliphatic carbocycles. The van der Waals surface area contributed by atoms with E-state index in [0.717, 1.165) is 9.21 Å². The number of hydrogen-bond donors (Lipinski definition) is 0. The lowest BCUT2D eigenvalue weighted by Crippen LogP contribution is -2.54. The first-order valence-corrected chi connectivity index (χ1v) is 16.3. The topological polar surface area (TPSA) is 102 Å². The van der Waals surface area contributed by atoms with Gasteiger partial charge in [0.1, 0.15) is 22.6 Å². The third-order valence-corrected chi connectivity index (χ3v) is 10.5. The molecule has 0 fully saturated rings. The lowest BCUT2D eigenvalue weighted by molar-refractivity contribution is 0.0435. The molecule has 0 radical (unpaired) electrons. The number of sulfonamides is 1. The normalized spacial score (nSPS) is 17.3. The van der Waals surface area contributed by atoms with Crippen LogP contribution < -0.4 is 9.04 Å². The zero-order valence-corrected chi connectivity index (χ0v) is 26.7. The number of benzene rings is 3. The van der Waals surface area contributed by atoms with Gasteiger partial charge in [0.2, 0.25) is 0 Å². The molecule has 4 aromatic rings. The Morgan fingerprint density at radius 1 is 1.09 bits per heavy atom. The lowest BCUT2D eigenvalue weighted by atomic mass is 10.0. The summed E-state index contributed by atoms with van der Waals surface area (Å²) in [6, 6.07) is 15.0. The first-order valence-electron chi connectivity index (χ1n) is 14.1. The van der Waals surface area contributed by atoms with E-state index in [9.17, 15) is 22.4 Å². The zero-order valence-electron chi connectivity index (χ0n) is 24.4. The molecule has 2 amide bonds. The van der Waals surface area contributed by atoms with E-state index in [2.05, 4.69) is 5.10 Å². The number of amides is 2. The third kappa shape index (κ3) is 5.28. The molecule has 0 saturated heterocycles. The number of rotatable bonds is 7. The van der Waals surface area contributed by atoms with Crippen molar-refractivity contribution in [3.8, 4) is 5.75 Å². The predicted molar refractivity (Wildman–Crippen MR) is 170 cm³/mol. The Bertz CT molecular complexity index is 1960. The minimum Gasteiger partial charge on any atom is -0.484 e. The third-order valence-electron chi connectivity index (χ3n) is 7.96. The highest BCUT2D eigenvalue weighted by atomic mass is 35.5. The molecule has 2 atom stereocenters. The van der Waals surface area contributed by atoms with Crippen molar-refractivity contribution in [3.63, 3.8) is 0 Å². The number of ether oxygens (including phenoxy) is 1. The predicted octanol–water partition coefficient (Wildman–Crippen LogP) is 6.55. The van der Waals surface area contributed by atoms with Crippen molar-refractivity contribution in [2.24, 2.45) is 0 Å². The highest BCUT2D eigenvalue weighted by molar-refractivity contribution is 7.93. The van der Waals surface area contributed by atoms with E-state index in [4.69, 9.17) is 27.9 Å². The summed E-state index contributed by atoms with van der Waals surface area (Å²) in [7, 11) is -4.33. The van der Waals surface area contributed by atoms with E-state index in [1.807, 2.05) is 0 Å². The second-order valence-electron chi connectivity index (χ2n) is 10.7. The van der Waals surface area contributed by atoms with Crippen molar-refractivity contribution in [2.75, 3.05) is 10.8 Å². The Morgan fingerprint density at radius 3 is 2.40 bits per heavy atom. The van der Waals surface area contributed by atoms with Gasteiger partial charge in [-0.05, 0) is 68.3 Å². The van der Waals surface area contributed by atoms with Crippen LogP contribution in [0.15, 0.2) is 71.8 Å². The van der Waals surface area contributed by atoms with Gasteiger partial charge in [0.15, 0.2) is 5.15 Å². The summed E-state index contributed by atoms with van der Waals surface area (Å²) in [4.78, 5) is 27.4. The quantitative estimate of drug-likeness (QED) is 0.164. The van der Waals surface area contributed by atoms with Crippen LogP contribution in [0.5, 0.6) is 5.75 Å². The van der Waals surface area contributed by atoms with Crippen LogP contribution >= 0.6 is 23.2 Å². The number of aryl methyl sites for hydroxylation is 1. The number of halogens is 3. The molecule has 0 bridgehead atoms. The van der Waals surface area contributed by atoms with E-state index in [1.54, 1.807) is 75.4 Å². The summed E-state index contributed by atoms with van der Waals surface area (Å²) in [6.45, 7) is 5.28. The maximum absolute atomic E-state index is 14.6. The number of imide groups is 1. The number of fused-ring (bicyclic) bond motifs is 2. The minimum absolute atomic E-state index is 0.197. The number of aromatic nitrogens is 2. The van der Waals surface area contributed by atoms with E-state index in [-0.39, 0.29) is 49.7 Å². The number of nitrogens with zero attached hydrogens (tertiary/aromatic N) is 4. The monoisotopic (exact) mass is 668 g/mol. The van der Waals surface area contributed by atoms with Crippen molar-refractivity contribution in [1.29, 1.82) is 0 Å². The number of carbonyl (C=O) groups is 2. The van der Waals surface area contributed by atoms with Gasteiger partial charge in [0.25, 0.3) is 21.8 Å². The van der Waals surface area contributed by atoms with Crippen LogP contribution in [0.4, 0.5) is 10.1 Å². The fraction of sp³-hybridized carbons (Fsp3) is 0.219. The molecular weight excluding hydrogens is 642 g/mol. The molecule has 0 saturated carbocycles. The van der Waals surface area contributed by atoms with Crippen LogP contribution in [0.2, 0.25) is 10.2 Å². The highest BCUT2D eigenvalue weighted by Crippen LogP contribution is 2.41. The smallest absolute Gasteiger partial charge is 0.269 e. The molecule has 6 rings (SSSR count). The standard InChI is InChI=1S/C32H27Cl2FN4O5S/c1-4-37-17-28(30(34)36-37)45(42,43)38-16-27(19(3)39-31(40)21-8-5-6-9-22(21)32(39)41)44-26-13-12-20(15-25(26)38)14-18(2)29-23(33)10-7-11-24(29)35/h5-15,17,19,27H,4,16H2,1-3H3/b18-14+/t19-,27?/m1/s1. The summed E-state index contributed by atoms with van der Waals surface area (Å²) in [6.07, 6.45) is 2.10. The van der Waals surface area contributed by atoms with Gasteiger partial charge in [-0.25, -0.2) is 12.8 Å². The largest absolute Gasteiger partial charge is 0.484 e. The molecule has 3 heterocycles. The van der Waals surface area contributed by atoms with Gasteiger partial charge in [-0.2, -0.15) is 5.10 Å². The second-order valence-corrected chi connectivity index (χ2v) is 13.3. The minimum atomic E-state index is -4.33. The van der Waals surface area contributed by atoms with Crippen LogP contribution in [-0.4, -0.2) is 53.6 Å². The Morgan fingerprint density at radius 2 is 1.78 bits per heavy atom. The summed E-state index contributed by atoms with van der Waals surface area (Å²) in [5.74, 6) is -1.26. The molecule has 9 nitrogen and oxygen atoms in total. The molecule has 0 spiro atoms. The first-order chi connectivity index (χ1) is 21.4. The number of carbonyl (C=O) groups excluding carboxylic acids is 2. The number of allylic oxidation sites excluding steroid dienone is 1. The SMILES string of the molecule is CCn1cc(S(=O)(=O)N2CC([C@@H](C)N3C(=O)c4ccccc4C3=O)Oc3ccc(/C=C(\C)c4c(F)cccc4Cl)cc32)c(Cl)n1. The molecule has 13 heteroatoms. The summed E-state index contributed by atoms with van der Waals surface area (Å²) < 4.78 is 52.0. The molecule has 2 aliphatic rings. The molecule has 1 unspecified atom stereocenters. The van der Waals surface area contributed by atoms with Gasteiger partial charge < -0.3 is 4.74 Å². The van der Waals surface area contributed by atoms with Gasteiger partial charge in [-0.1, -0.05) is 53.5 Å². The maximum Gasteiger partial charge on any atom is 0.269 e. The molecule has 2 aliphatic heterocycles. The van der Waals surface area contributed by atoms with Crippen LogP contribution in [0.1, 0.15) is 52.6 Å². The average Bonchev–Trinajstić information content (AvgIpc) is 3.52. The van der Waals surface area contributed by atoms with Gasteiger partial charge in [-0.3, -0.25) is 23.5 Å². The fourth-order valence-corrected chi connectivity index (χ4v) is 7.87. The van der Waals surface area contributed by atoms with E-state index in [1.165, 1.54) is 23.0 Å². The Balaban J connectivity index is 1.43. The zero-order chi connectivity index (χ0) is 32.2. The van der Waals surface area contributed by atoms with E-state index >= 15 is 0 Å². The molecule has 1 aromatic heterocycles. The summed E-state index contributed by atoms with van der Waals surface area (Å²) in [5.41, 5.74) is 2.05. The molecular formula is C32H27Cl2FN4O5S. The van der Waals surface area contributed by atoms with Gasteiger partial charge in [-0.15, -0.1) is 0 Å². The van der Waals surface area contributed by atoms with Crippen LogP contribution in [-0.2, 0) is 16.6 Å². The maximum atomic E-state index is 14.6. The highest BCUT2D eigenvalue weighted by Gasteiger charge is 2.45. The lowest BCUT2D eigenvalue weighted by Gasteiger charge is -2.39. The van der Waals surface area contributed by atoms with Crippen molar-refractivity contribution in [2.45, 2.75) is 44.4 Å². The van der Waals surface area contributed by atoms with E-state index in [0.29, 0.717) is 17.7 Å². The van der Waals surface area contributed by atoms with Gasteiger partial charge >= 0.3 is 0 Å². The second kappa shape index (κ2) is 11.6. The summed E-state index contributed by atoms with van der Waals surface area (Å²) in [5, 5.41) is 4.14. The van der Waals surface area contributed by atoms with Gasteiger partial charge in [0, 0.05) is 18.3 Å². The van der Waals surface area contributed by atoms with E-state index < -0.39 is 39.8 Å². The van der Waals surface area contributed by atoms with Crippen molar-refractivity contribution in [3.05, 3.63) is 105 Å². The van der Waals surface area contributed by atoms with Crippen molar-refractivity contribution >= 4 is 62.4 Å². The Labute approximate surface area is 269 Å². The van der Waals surface area contributed by atoms with Crippen LogP contribution in [0.25, 0.3) is 11.6 Å². The van der Waals surface area contributed by atoms with Gasteiger partial charge in [0.05, 0.1) is 34.4 Å². The molecule has 232 valence electrons. The molecule has 0 N–H and O–H groups in total. The fourth-order valence-electron chi connectivity index (χ4n) is 5.63. The van der Waals surface area contributed by atoms with Crippen LogP contribution in [0.3, 0.4) is 0 Å². The van der Waals surface area contributed by atoms with Crippen molar-refractivity contribution < 1.29 is 27.1 Å². The van der Waals surface area contributed by atoms with Crippen molar-refractivity contribution in [1.82, 2.24) is 14.7 Å². The average molecular weight is 670 g/mol. The molecule has 45 heavy (non-hydrogen) atoms. The Hall–Kier alpha value is -4.19. The summed E-state index contributed by atoms with van der Waals surface area (Å²) >= 11 is 12.6. The number of anilines is 1. The number of hydrogen-bond acceptors (Lipinski definition) is 6. The molecule has 3 aromatic carbocycles.